The summed E-state index contributed by atoms with van der Waals surface area (Å²) in [7, 11) is 3.95. The van der Waals surface area contributed by atoms with Crippen LogP contribution in [-0.2, 0) is 6.42 Å². The van der Waals surface area contributed by atoms with E-state index in [0.717, 1.165) is 17.9 Å². The summed E-state index contributed by atoms with van der Waals surface area (Å²) >= 11 is 6.01. The third kappa shape index (κ3) is 3.93. The van der Waals surface area contributed by atoms with Gasteiger partial charge in [0.1, 0.15) is 0 Å². The van der Waals surface area contributed by atoms with Crippen molar-refractivity contribution in [2.75, 3.05) is 27.2 Å². The fourth-order valence-electron chi connectivity index (χ4n) is 2.88. The number of hydrogen-bond donors (Lipinski definition) is 2. The van der Waals surface area contributed by atoms with Gasteiger partial charge in [-0.2, -0.15) is 0 Å². The average Bonchev–Trinajstić information content (AvgIpc) is 2.67. The minimum absolute atomic E-state index is 0.334. The van der Waals surface area contributed by atoms with Gasteiger partial charge in [0, 0.05) is 24.2 Å². The van der Waals surface area contributed by atoms with Crippen molar-refractivity contribution in [3.8, 4) is 0 Å². The highest BCUT2D eigenvalue weighted by Gasteiger charge is 2.26. The molecule has 0 heterocycles. The van der Waals surface area contributed by atoms with E-state index in [2.05, 4.69) is 17.4 Å². The summed E-state index contributed by atoms with van der Waals surface area (Å²) in [5.74, 6) is 0. The SMILES string of the molecule is CN(C)CC(C)(O)CNC1CCc2cc(Cl)ccc21. The number of halogens is 1. The van der Waals surface area contributed by atoms with Gasteiger partial charge in [0.05, 0.1) is 5.60 Å². The van der Waals surface area contributed by atoms with Crippen LogP contribution in [0.5, 0.6) is 0 Å². The number of nitrogens with zero attached hydrogens (tertiary/aromatic N) is 1. The van der Waals surface area contributed by atoms with Crippen molar-refractivity contribution in [1.29, 1.82) is 0 Å². The lowest BCUT2D eigenvalue weighted by molar-refractivity contribution is 0.0313. The Morgan fingerprint density at radius 1 is 1.47 bits per heavy atom. The monoisotopic (exact) mass is 282 g/mol. The quantitative estimate of drug-likeness (QED) is 0.869. The van der Waals surface area contributed by atoms with Crippen LogP contribution in [0.1, 0.15) is 30.5 Å². The predicted molar refractivity (Wildman–Crippen MR) is 79.7 cm³/mol. The summed E-state index contributed by atoms with van der Waals surface area (Å²) in [5, 5.41) is 14.6. The van der Waals surface area contributed by atoms with Crippen molar-refractivity contribution in [3.63, 3.8) is 0 Å². The molecular weight excluding hydrogens is 260 g/mol. The average molecular weight is 283 g/mol. The smallest absolute Gasteiger partial charge is 0.0869 e. The fraction of sp³-hybridized carbons (Fsp3) is 0.600. The van der Waals surface area contributed by atoms with Gasteiger partial charge in [-0.3, -0.25) is 0 Å². The molecule has 0 saturated carbocycles. The molecule has 2 atom stereocenters. The van der Waals surface area contributed by atoms with E-state index in [1.165, 1.54) is 11.1 Å². The molecule has 1 aromatic rings. The number of aliphatic hydroxyl groups is 1. The molecule has 1 aliphatic carbocycles. The van der Waals surface area contributed by atoms with Crippen LogP contribution in [0.25, 0.3) is 0 Å². The van der Waals surface area contributed by atoms with Crippen molar-refractivity contribution >= 4 is 11.6 Å². The lowest BCUT2D eigenvalue weighted by Crippen LogP contribution is -2.46. The second-order valence-electron chi connectivity index (χ2n) is 6.05. The van der Waals surface area contributed by atoms with E-state index in [1.807, 2.05) is 32.0 Å². The molecule has 4 heteroatoms. The second kappa shape index (κ2) is 5.80. The van der Waals surface area contributed by atoms with Crippen LogP contribution in [0.3, 0.4) is 0 Å². The van der Waals surface area contributed by atoms with Gasteiger partial charge in [0.25, 0.3) is 0 Å². The maximum absolute atomic E-state index is 10.3. The Morgan fingerprint density at radius 2 is 2.21 bits per heavy atom. The minimum Gasteiger partial charge on any atom is -0.388 e. The van der Waals surface area contributed by atoms with Crippen LogP contribution in [0.4, 0.5) is 0 Å². The summed E-state index contributed by atoms with van der Waals surface area (Å²) in [5.41, 5.74) is 1.95. The number of rotatable bonds is 5. The van der Waals surface area contributed by atoms with E-state index in [-0.39, 0.29) is 0 Å². The molecule has 1 aromatic carbocycles. The Labute approximate surface area is 120 Å². The van der Waals surface area contributed by atoms with Crippen LogP contribution in [-0.4, -0.2) is 42.8 Å². The lowest BCUT2D eigenvalue weighted by atomic mass is 10.0. The van der Waals surface area contributed by atoms with Gasteiger partial charge in [-0.25, -0.2) is 0 Å². The molecule has 0 saturated heterocycles. The van der Waals surface area contributed by atoms with E-state index in [1.54, 1.807) is 0 Å². The van der Waals surface area contributed by atoms with Gasteiger partial charge >= 0.3 is 0 Å². The molecular formula is C15H23ClN2O. The molecule has 0 amide bonds. The second-order valence-corrected chi connectivity index (χ2v) is 6.49. The topological polar surface area (TPSA) is 35.5 Å². The Balaban J connectivity index is 1.96. The summed E-state index contributed by atoms with van der Waals surface area (Å²) < 4.78 is 0. The largest absolute Gasteiger partial charge is 0.388 e. The Bertz CT molecular complexity index is 446. The van der Waals surface area contributed by atoms with Crippen molar-refractivity contribution in [2.24, 2.45) is 0 Å². The van der Waals surface area contributed by atoms with Crippen molar-refractivity contribution in [3.05, 3.63) is 34.3 Å². The first kappa shape index (κ1) is 14.8. The van der Waals surface area contributed by atoms with Crippen molar-refractivity contribution in [1.82, 2.24) is 10.2 Å². The van der Waals surface area contributed by atoms with E-state index >= 15 is 0 Å². The van der Waals surface area contributed by atoms with Gasteiger partial charge in [-0.15, -0.1) is 0 Å². The van der Waals surface area contributed by atoms with E-state index in [0.29, 0.717) is 19.1 Å². The van der Waals surface area contributed by atoms with Crippen LogP contribution in [0, 0.1) is 0 Å². The molecule has 0 aliphatic heterocycles. The standard InChI is InChI=1S/C15H23ClN2O/c1-15(19,10-18(2)3)9-17-14-7-4-11-8-12(16)5-6-13(11)14/h5-6,8,14,17,19H,4,7,9-10H2,1-3H3. The molecule has 19 heavy (non-hydrogen) atoms. The number of hydrogen-bond acceptors (Lipinski definition) is 3. The highest BCUT2D eigenvalue weighted by molar-refractivity contribution is 6.30. The Kier molecular flexibility index (Phi) is 4.51. The van der Waals surface area contributed by atoms with Crippen LogP contribution >= 0.6 is 11.6 Å². The van der Waals surface area contributed by atoms with Gasteiger partial charge in [-0.05, 0) is 57.1 Å². The zero-order chi connectivity index (χ0) is 14.0. The molecule has 0 bridgehead atoms. The number of nitrogens with one attached hydrogen (secondary N) is 1. The molecule has 106 valence electrons. The molecule has 3 nitrogen and oxygen atoms in total. The number of likely N-dealkylation sites (N-methyl/N-ethyl adjacent to an activating group) is 1. The number of benzene rings is 1. The summed E-state index contributed by atoms with van der Waals surface area (Å²) in [6.07, 6.45) is 2.14. The molecule has 2 N–H and O–H groups in total. The predicted octanol–water partition coefficient (Wildman–Crippen LogP) is 2.23. The highest BCUT2D eigenvalue weighted by atomic mass is 35.5. The Morgan fingerprint density at radius 3 is 2.89 bits per heavy atom. The third-order valence-electron chi connectivity index (χ3n) is 3.57. The lowest BCUT2D eigenvalue weighted by Gasteiger charge is -2.29. The number of fused-ring (bicyclic) bond motifs is 1. The first-order chi connectivity index (χ1) is 8.87. The fourth-order valence-corrected chi connectivity index (χ4v) is 3.07. The first-order valence-electron chi connectivity index (χ1n) is 6.76. The molecule has 2 unspecified atom stereocenters. The molecule has 0 spiro atoms. The maximum Gasteiger partial charge on any atom is 0.0869 e. The summed E-state index contributed by atoms with van der Waals surface area (Å²) in [4.78, 5) is 2.00. The number of aryl methyl sites for hydroxylation is 1. The minimum atomic E-state index is -0.710. The van der Waals surface area contributed by atoms with Crippen LogP contribution in [0.15, 0.2) is 18.2 Å². The molecule has 0 aromatic heterocycles. The summed E-state index contributed by atoms with van der Waals surface area (Å²) in [6.45, 7) is 3.12. The third-order valence-corrected chi connectivity index (χ3v) is 3.80. The first-order valence-corrected chi connectivity index (χ1v) is 7.14. The van der Waals surface area contributed by atoms with Gasteiger partial charge in [-0.1, -0.05) is 17.7 Å². The molecule has 1 aliphatic rings. The van der Waals surface area contributed by atoms with E-state index < -0.39 is 5.60 Å². The van der Waals surface area contributed by atoms with Gasteiger partial charge in [0.2, 0.25) is 0 Å². The highest BCUT2D eigenvalue weighted by Crippen LogP contribution is 2.32. The van der Waals surface area contributed by atoms with E-state index in [9.17, 15) is 5.11 Å². The molecule has 2 rings (SSSR count). The van der Waals surface area contributed by atoms with Crippen molar-refractivity contribution < 1.29 is 5.11 Å². The zero-order valence-electron chi connectivity index (χ0n) is 11.9. The van der Waals surface area contributed by atoms with Gasteiger partial charge in [0.15, 0.2) is 0 Å². The molecule has 0 fully saturated rings. The van der Waals surface area contributed by atoms with Crippen LogP contribution < -0.4 is 5.32 Å². The van der Waals surface area contributed by atoms with Gasteiger partial charge < -0.3 is 15.3 Å². The maximum atomic E-state index is 10.3. The van der Waals surface area contributed by atoms with E-state index in [4.69, 9.17) is 11.6 Å². The Hall–Kier alpha value is -0.610. The van der Waals surface area contributed by atoms with Crippen LogP contribution in [0.2, 0.25) is 5.02 Å². The zero-order valence-corrected chi connectivity index (χ0v) is 12.7. The summed E-state index contributed by atoms with van der Waals surface area (Å²) in [6, 6.07) is 6.43. The normalized spacial score (nSPS) is 21.5. The van der Waals surface area contributed by atoms with Crippen molar-refractivity contribution in [2.45, 2.75) is 31.4 Å². The molecule has 0 radical (unpaired) electrons.